The largest absolute Gasteiger partial charge is 0.399 e. The molecule has 0 aromatic heterocycles. The van der Waals surface area contributed by atoms with Gasteiger partial charge in [0.15, 0.2) is 0 Å². The maximum absolute atomic E-state index is 12.4. The van der Waals surface area contributed by atoms with E-state index in [4.69, 9.17) is 11.0 Å². The lowest BCUT2D eigenvalue weighted by molar-refractivity contribution is -0.130. The number of amides is 2. The number of carbonyl (C=O) groups excluding carboxylic acids is 2. The number of fused-ring (bicyclic) bond motifs is 1. The van der Waals surface area contributed by atoms with E-state index in [-0.39, 0.29) is 12.3 Å². The van der Waals surface area contributed by atoms with Gasteiger partial charge in [-0.3, -0.25) is 9.59 Å². The highest BCUT2D eigenvalue weighted by atomic mass is 16.2. The van der Waals surface area contributed by atoms with Crippen molar-refractivity contribution in [3.8, 4) is 6.07 Å². The molecule has 1 aliphatic heterocycles. The summed E-state index contributed by atoms with van der Waals surface area (Å²) in [5.74, 6) is -0.767. The number of anilines is 2. The minimum absolute atomic E-state index is 0.254. The van der Waals surface area contributed by atoms with Crippen LogP contribution >= 0.6 is 0 Å². The average molecular weight is 257 g/mol. The predicted molar refractivity (Wildman–Crippen MR) is 71.1 cm³/mol. The minimum Gasteiger partial charge on any atom is -0.399 e. The molecule has 0 spiro atoms. The van der Waals surface area contributed by atoms with Gasteiger partial charge in [0, 0.05) is 12.1 Å². The third-order valence-corrected chi connectivity index (χ3v) is 3.22. The van der Waals surface area contributed by atoms with E-state index in [1.165, 1.54) is 13.8 Å². The fraction of sp³-hybridized carbons (Fsp3) is 0.357. The van der Waals surface area contributed by atoms with E-state index >= 15 is 0 Å². The van der Waals surface area contributed by atoms with Crippen molar-refractivity contribution < 1.29 is 9.59 Å². The summed E-state index contributed by atoms with van der Waals surface area (Å²) in [4.78, 5) is 25.5. The van der Waals surface area contributed by atoms with Crippen LogP contribution in [0.5, 0.6) is 0 Å². The molecular formula is C14H15N3O2. The summed E-state index contributed by atoms with van der Waals surface area (Å²) in [6.45, 7) is 3.02. The first-order chi connectivity index (χ1) is 8.86. The lowest BCUT2D eigenvalue weighted by Gasteiger charge is -2.31. The van der Waals surface area contributed by atoms with E-state index in [1.807, 2.05) is 6.07 Å². The van der Waals surface area contributed by atoms with Crippen LogP contribution in [0.4, 0.5) is 11.4 Å². The number of hydrogen-bond acceptors (Lipinski definition) is 4. The number of imide groups is 1. The number of nitrogens with two attached hydrogens (primary N) is 1. The molecule has 0 atom stereocenters. The normalized spacial score (nSPS) is 14.8. The zero-order chi connectivity index (χ0) is 14.2. The molecular weight excluding hydrogens is 242 g/mol. The van der Waals surface area contributed by atoms with Gasteiger partial charge < -0.3 is 5.73 Å². The second-order valence-electron chi connectivity index (χ2n) is 5.16. The van der Waals surface area contributed by atoms with Crippen molar-refractivity contribution in [1.29, 1.82) is 5.26 Å². The molecule has 19 heavy (non-hydrogen) atoms. The summed E-state index contributed by atoms with van der Waals surface area (Å²) < 4.78 is 0. The maximum Gasteiger partial charge on any atom is 0.253 e. The molecule has 0 saturated heterocycles. The molecule has 2 N–H and O–H groups in total. The average Bonchev–Trinajstić information content (AvgIpc) is 2.38. The van der Waals surface area contributed by atoms with Gasteiger partial charge in [0.05, 0.1) is 11.8 Å². The highest BCUT2D eigenvalue weighted by Crippen LogP contribution is 2.32. The molecule has 1 aromatic carbocycles. The Kier molecular flexibility index (Phi) is 3.03. The first kappa shape index (κ1) is 13.1. The number of hydrogen-bond donors (Lipinski definition) is 1. The van der Waals surface area contributed by atoms with Crippen molar-refractivity contribution in [3.05, 3.63) is 23.8 Å². The van der Waals surface area contributed by atoms with Gasteiger partial charge in [0.25, 0.3) is 5.91 Å². The number of nitrogen functional groups attached to an aromatic ring is 1. The van der Waals surface area contributed by atoms with Crippen molar-refractivity contribution in [2.45, 2.75) is 26.7 Å². The van der Waals surface area contributed by atoms with Crippen LogP contribution in [0.2, 0.25) is 0 Å². The number of rotatable bonds is 1. The lowest BCUT2D eigenvalue weighted by atomic mass is 9.91. The fourth-order valence-corrected chi connectivity index (χ4v) is 2.06. The Morgan fingerprint density at radius 2 is 2.11 bits per heavy atom. The summed E-state index contributed by atoms with van der Waals surface area (Å²) >= 11 is 0. The number of carbonyl (C=O) groups is 2. The Morgan fingerprint density at radius 1 is 1.42 bits per heavy atom. The number of aryl methyl sites for hydroxylation is 1. The summed E-state index contributed by atoms with van der Waals surface area (Å²) in [7, 11) is 0. The van der Waals surface area contributed by atoms with Crippen LogP contribution in [0.1, 0.15) is 25.8 Å². The van der Waals surface area contributed by atoms with Crippen LogP contribution in [0, 0.1) is 16.7 Å². The van der Waals surface area contributed by atoms with E-state index in [2.05, 4.69) is 0 Å². The zero-order valence-electron chi connectivity index (χ0n) is 10.9. The smallest absolute Gasteiger partial charge is 0.253 e. The fourth-order valence-electron chi connectivity index (χ4n) is 2.06. The van der Waals surface area contributed by atoms with Crippen LogP contribution in [0.15, 0.2) is 18.2 Å². The van der Waals surface area contributed by atoms with Gasteiger partial charge in [-0.25, -0.2) is 4.90 Å². The van der Waals surface area contributed by atoms with Crippen LogP contribution < -0.4 is 10.6 Å². The van der Waals surface area contributed by atoms with E-state index in [0.29, 0.717) is 17.8 Å². The standard InChI is InChI=1S/C14H15N3O2/c1-14(2,8-15)13(19)17-11-5-4-10(16)7-9(11)3-6-12(17)18/h4-5,7H,3,6,16H2,1-2H3. The molecule has 0 saturated carbocycles. The zero-order valence-corrected chi connectivity index (χ0v) is 10.9. The van der Waals surface area contributed by atoms with Gasteiger partial charge in [-0.15, -0.1) is 0 Å². The molecule has 1 aliphatic rings. The Bertz CT molecular complexity index is 599. The number of nitrogens with zero attached hydrogens (tertiary/aromatic N) is 2. The molecule has 1 heterocycles. The molecule has 0 fully saturated rings. The lowest BCUT2D eigenvalue weighted by Crippen LogP contribution is -2.46. The van der Waals surface area contributed by atoms with Crippen molar-refractivity contribution in [3.63, 3.8) is 0 Å². The summed E-state index contributed by atoms with van der Waals surface area (Å²) in [6.07, 6.45) is 0.819. The SMILES string of the molecule is CC(C)(C#N)C(=O)N1C(=O)CCc2cc(N)ccc21. The molecule has 0 radical (unpaired) electrons. The molecule has 1 aromatic rings. The molecule has 5 nitrogen and oxygen atoms in total. The number of nitriles is 1. The van der Waals surface area contributed by atoms with Gasteiger partial charge >= 0.3 is 0 Å². The van der Waals surface area contributed by atoms with Crippen LogP contribution in [-0.2, 0) is 16.0 Å². The molecule has 0 aliphatic carbocycles. The first-order valence-electron chi connectivity index (χ1n) is 6.04. The van der Waals surface area contributed by atoms with Gasteiger partial charge in [-0.1, -0.05) is 0 Å². The Morgan fingerprint density at radius 3 is 2.74 bits per heavy atom. The highest BCUT2D eigenvalue weighted by Gasteiger charge is 2.38. The van der Waals surface area contributed by atoms with E-state index < -0.39 is 11.3 Å². The summed E-state index contributed by atoms with van der Waals surface area (Å²) in [5, 5.41) is 9.04. The topological polar surface area (TPSA) is 87.2 Å². The number of benzene rings is 1. The molecule has 0 bridgehead atoms. The van der Waals surface area contributed by atoms with Gasteiger partial charge in [0.2, 0.25) is 5.91 Å². The van der Waals surface area contributed by atoms with Crippen LogP contribution in [0.3, 0.4) is 0 Å². The molecule has 2 amide bonds. The van der Waals surface area contributed by atoms with Gasteiger partial charge in [0.1, 0.15) is 5.41 Å². The molecule has 2 rings (SSSR count). The van der Waals surface area contributed by atoms with Crippen molar-refractivity contribution >= 4 is 23.2 Å². The highest BCUT2D eigenvalue weighted by molar-refractivity contribution is 6.18. The van der Waals surface area contributed by atoms with E-state index in [9.17, 15) is 9.59 Å². The Hall–Kier alpha value is -2.35. The summed E-state index contributed by atoms with van der Waals surface area (Å²) in [6, 6.07) is 7.01. The van der Waals surface area contributed by atoms with Gasteiger partial charge in [-0.2, -0.15) is 5.26 Å². The second-order valence-corrected chi connectivity index (χ2v) is 5.16. The van der Waals surface area contributed by atoms with Gasteiger partial charge in [-0.05, 0) is 44.0 Å². The third-order valence-electron chi connectivity index (χ3n) is 3.22. The Labute approximate surface area is 111 Å². The maximum atomic E-state index is 12.4. The molecule has 0 unspecified atom stereocenters. The third kappa shape index (κ3) is 2.17. The van der Waals surface area contributed by atoms with Crippen LogP contribution in [-0.4, -0.2) is 11.8 Å². The van der Waals surface area contributed by atoms with E-state index in [0.717, 1.165) is 10.5 Å². The molecule has 5 heteroatoms. The van der Waals surface area contributed by atoms with Crippen molar-refractivity contribution in [2.24, 2.45) is 5.41 Å². The second kappa shape index (κ2) is 4.39. The van der Waals surface area contributed by atoms with Crippen LogP contribution in [0.25, 0.3) is 0 Å². The Balaban J connectivity index is 2.51. The van der Waals surface area contributed by atoms with Crippen molar-refractivity contribution in [1.82, 2.24) is 0 Å². The predicted octanol–water partition coefficient (Wildman–Crippen LogP) is 1.62. The monoisotopic (exact) mass is 257 g/mol. The summed E-state index contributed by atoms with van der Waals surface area (Å²) in [5.41, 5.74) is 6.48. The quantitative estimate of drug-likeness (QED) is 0.774. The molecule has 98 valence electrons. The first-order valence-corrected chi connectivity index (χ1v) is 6.04. The van der Waals surface area contributed by atoms with Crippen molar-refractivity contribution in [2.75, 3.05) is 10.6 Å². The minimum atomic E-state index is -1.23. The van der Waals surface area contributed by atoms with E-state index in [1.54, 1.807) is 18.2 Å².